The molecule has 1 saturated carbocycles. The van der Waals surface area contributed by atoms with Crippen molar-refractivity contribution < 1.29 is 117 Å². The van der Waals surface area contributed by atoms with Crippen LogP contribution in [-0.4, -0.2) is 204 Å². The second-order valence-electron chi connectivity index (χ2n) is 28.0. The van der Waals surface area contributed by atoms with E-state index in [4.69, 9.17) is 42.2 Å². The normalized spacial score (nSPS) is 28.0. The molecule has 1 aliphatic carbocycles. The van der Waals surface area contributed by atoms with Crippen LogP contribution in [0.1, 0.15) is 297 Å². The lowest BCUT2D eigenvalue weighted by molar-refractivity contribution is -0.360. The van der Waals surface area contributed by atoms with E-state index in [2.05, 4.69) is 39.8 Å². The van der Waals surface area contributed by atoms with Crippen molar-refractivity contribution in [2.45, 2.75) is 402 Å². The maximum Gasteiger partial charge on any atom is 0.472 e. The highest BCUT2D eigenvalue weighted by Gasteiger charge is 2.58. The van der Waals surface area contributed by atoms with Crippen LogP contribution in [0.4, 0.5) is 0 Å². The van der Waals surface area contributed by atoms with Crippen LogP contribution in [0.25, 0.3) is 0 Å². The minimum Gasteiger partial charge on any atom is -0.463 e. The molecule has 19 unspecified atom stereocenters. The number of esters is 3. The number of hydrogen-bond acceptors (Lipinski definition) is 23. The Hall–Kier alpha value is -2.30. The number of carbonyl (C=O) groups is 3. The van der Waals surface area contributed by atoms with Gasteiger partial charge in [0.2, 0.25) is 0 Å². The van der Waals surface area contributed by atoms with Gasteiger partial charge in [0.1, 0.15) is 98.7 Å². The number of rotatable bonds is 59. The van der Waals surface area contributed by atoms with E-state index in [9.17, 15) is 74.9 Å². The van der Waals surface area contributed by atoms with Gasteiger partial charge in [0, 0.05) is 19.3 Å². The summed E-state index contributed by atoms with van der Waals surface area (Å²) in [5, 5.41) is 110. The van der Waals surface area contributed by atoms with Gasteiger partial charge in [-0.25, -0.2) is 4.57 Å². The molecule has 0 amide bonds. The molecular formula is C73H135O24P. The summed E-state index contributed by atoms with van der Waals surface area (Å²) >= 11 is 0. The number of carbonyl (C=O) groups excluding carboxylic acids is 3. The molecule has 3 aliphatic rings. The monoisotopic (exact) mass is 1430 g/mol. The van der Waals surface area contributed by atoms with Crippen molar-refractivity contribution in [3.63, 3.8) is 0 Å². The molecule has 24 nitrogen and oxygen atoms in total. The van der Waals surface area contributed by atoms with Crippen LogP contribution >= 0.6 is 7.82 Å². The molecule has 0 spiro atoms. The van der Waals surface area contributed by atoms with Crippen LogP contribution in [0.5, 0.6) is 0 Å². The summed E-state index contributed by atoms with van der Waals surface area (Å²) in [4.78, 5) is 51.0. The molecule has 2 heterocycles. The van der Waals surface area contributed by atoms with Crippen molar-refractivity contribution >= 4 is 25.7 Å². The van der Waals surface area contributed by atoms with E-state index < -0.39 is 156 Å². The van der Waals surface area contributed by atoms with Gasteiger partial charge in [-0.1, -0.05) is 245 Å². The Morgan fingerprint density at radius 2 is 0.776 bits per heavy atom. The average Bonchev–Trinajstić information content (AvgIpc) is 0.762. The van der Waals surface area contributed by atoms with Crippen molar-refractivity contribution in [3.8, 4) is 0 Å². The summed E-state index contributed by atoms with van der Waals surface area (Å²) in [7, 11) is -5.70. The first kappa shape index (κ1) is 89.9. The fraction of sp³-hybridized carbons (Fsp3) is 0.932. The largest absolute Gasteiger partial charge is 0.472 e. The van der Waals surface area contributed by atoms with E-state index in [-0.39, 0.29) is 19.3 Å². The third-order valence-corrected chi connectivity index (χ3v) is 20.2. The topological polar surface area (TPSA) is 374 Å². The predicted octanol–water partition coefficient (Wildman–Crippen LogP) is 10.6. The van der Waals surface area contributed by atoms with Gasteiger partial charge >= 0.3 is 25.7 Å². The van der Waals surface area contributed by atoms with Gasteiger partial charge in [0.05, 0.1) is 13.2 Å². The number of allylic oxidation sites excluding steroid dienone is 2. The van der Waals surface area contributed by atoms with Crippen molar-refractivity contribution in [2.75, 3.05) is 26.4 Å². The molecule has 19 atom stereocenters. The minimum absolute atomic E-state index is 0.0297. The van der Waals surface area contributed by atoms with Crippen molar-refractivity contribution in [2.24, 2.45) is 5.92 Å². The molecule has 2 saturated heterocycles. The third kappa shape index (κ3) is 37.4. The molecule has 0 bridgehead atoms. The number of hydrogen-bond donors (Lipinski definition) is 11. The van der Waals surface area contributed by atoms with Crippen molar-refractivity contribution in [1.29, 1.82) is 0 Å². The first-order valence-electron chi connectivity index (χ1n) is 38.4. The highest BCUT2D eigenvalue weighted by molar-refractivity contribution is 7.47. The Bertz CT molecular complexity index is 2090. The Kier molecular flexibility index (Phi) is 49.9. The van der Waals surface area contributed by atoms with Gasteiger partial charge in [0.25, 0.3) is 0 Å². The zero-order valence-corrected chi connectivity index (χ0v) is 61.1. The van der Waals surface area contributed by atoms with E-state index in [1.165, 1.54) is 116 Å². The van der Waals surface area contributed by atoms with Gasteiger partial charge in [-0.3, -0.25) is 23.4 Å². The molecule has 576 valence electrons. The van der Waals surface area contributed by atoms with E-state index >= 15 is 0 Å². The van der Waals surface area contributed by atoms with Crippen molar-refractivity contribution in [3.05, 3.63) is 12.2 Å². The van der Waals surface area contributed by atoms with Gasteiger partial charge in [-0.15, -0.1) is 0 Å². The summed E-state index contributed by atoms with van der Waals surface area (Å²) in [6.07, 6.45) is 11.4. The number of aliphatic hydroxyl groups excluding tert-OH is 10. The molecule has 0 radical (unpaired) electrons. The maximum atomic E-state index is 14.3. The third-order valence-electron chi connectivity index (χ3n) is 19.2. The SMILES string of the molecule is CCCCCC/C=C\CCCCCCCCCC(=O)OC(COC(=O)CCCCCCCCCCCCCC)COP(=O)(O)OC1C(OC2OC(CO)C(O)C(O)C2O)C(O)C(O)C(O)C1OC1OC(COC(=O)CCCCCCCCC(C)CCCCCCCC)C(O)C(O)C1O. The molecule has 3 rings (SSSR count). The van der Waals surface area contributed by atoms with Gasteiger partial charge < -0.3 is 89.1 Å². The average molecular weight is 1430 g/mol. The van der Waals surface area contributed by atoms with Crippen LogP contribution in [-0.2, 0) is 61.2 Å². The number of unbranched alkanes of at least 4 members (excludes halogenated alkanes) is 32. The first-order chi connectivity index (χ1) is 47.2. The zero-order valence-electron chi connectivity index (χ0n) is 60.2. The number of aliphatic hydroxyl groups is 10. The van der Waals surface area contributed by atoms with E-state index in [0.717, 1.165) is 116 Å². The fourth-order valence-corrected chi connectivity index (χ4v) is 13.8. The Balaban J connectivity index is 1.73. The molecule has 2 aliphatic heterocycles. The van der Waals surface area contributed by atoms with Gasteiger partial charge in [0.15, 0.2) is 18.7 Å². The second-order valence-corrected chi connectivity index (χ2v) is 29.4. The van der Waals surface area contributed by atoms with E-state index in [0.29, 0.717) is 25.2 Å². The lowest BCUT2D eigenvalue weighted by atomic mass is 9.84. The molecule has 11 N–H and O–H groups in total. The van der Waals surface area contributed by atoms with E-state index in [1.807, 2.05) is 0 Å². The Morgan fingerprint density at radius 1 is 0.418 bits per heavy atom. The Labute approximate surface area is 586 Å². The van der Waals surface area contributed by atoms with Crippen LogP contribution in [0.15, 0.2) is 12.2 Å². The lowest BCUT2D eigenvalue weighted by Crippen LogP contribution is -2.69. The van der Waals surface area contributed by atoms with Crippen molar-refractivity contribution in [1.82, 2.24) is 0 Å². The molecule has 3 fully saturated rings. The standard InChI is InChI=1S/C73H135O24P/c1-5-8-11-14-17-19-21-23-24-25-27-29-31-38-43-48-59(77)92-54(50-89-57(75)46-41-36-30-28-26-22-20-18-15-12-9-6-2)51-91-98(87,88)97-71-69(95-72-67(85)62(80)60(78)55(49-74)93-72)65(83)64(82)66(84)70(71)96-73-68(86)63(81)61(79)56(94-73)52-90-58(76)47-42-37-33-32-35-40-45-53(4)44-39-34-16-13-10-7-3/h19,21,53-56,60-74,78-86H,5-18,20,22-52H2,1-4H3,(H,87,88)/b21-19-. The van der Waals surface area contributed by atoms with Gasteiger partial charge in [-0.2, -0.15) is 0 Å². The summed E-state index contributed by atoms with van der Waals surface area (Å²) in [5.74, 6) is -1.29. The van der Waals surface area contributed by atoms with Crippen LogP contribution in [0.2, 0.25) is 0 Å². The zero-order chi connectivity index (χ0) is 71.9. The highest BCUT2D eigenvalue weighted by atomic mass is 31.2. The quantitative estimate of drug-likeness (QED) is 0.00886. The van der Waals surface area contributed by atoms with Crippen LogP contribution in [0, 0.1) is 5.92 Å². The lowest BCUT2D eigenvalue weighted by Gasteiger charge is -2.49. The molecule has 0 aromatic heterocycles. The second kappa shape index (κ2) is 54.3. The first-order valence-corrected chi connectivity index (χ1v) is 39.9. The summed E-state index contributed by atoms with van der Waals surface area (Å²) in [6.45, 7) is 5.75. The Morgan fingerprint density at radius 3 is 1.21 bits per heavy atom. The smallest absolute Gasteiger partial charge is 0.463 e. The van der Waals surface area contributed by atoms with Crippen LogP contribution in [0.3, 0.4) is 0 Å². The molecule has 25 heteroatoms. The summed E-state index contributed by atoms with van der Waals surface area (Å²) < 4.78 is 65.1. The highest BCUT2D eigenvalue weighted by Crippen LogP contribution is 2.49. The fourth-order valence-electron chi connectivity index (χ4n) is 12.8. The molecular weight excluding hydrogens is 1290 g/mol. The number of ether oxygens (including phenoxy) is 7. The minimum atomic E-state index is -5.70. The summed E-state index contributed by atoms with van der Waals surface area (Å²) in [5.41, 5.74) is 0. The van der Waals surface area contributed by atoms with Crippen LogP contribution < -0.4 is 0 Å². The molecule has 98 heavy (non-hydrogen) atoms. The maximum absolute atomic E-state index is 14.3. The van der Waals surface area contributed by atoms with Gasteiger partial charge in [-0.05, 0) is 50.9 Å². The number of phosphoric acid groups is 1. The summed E-state index contributed by atoms with van der Waals surface area (Å²) in [6, 6.07) is 0. The predicted molar refractivity (Wildman–Crippen MR) is 370 cm³/mol. The number of phosphoric ester groups is 1. The molecule has 0 aromatic carbocycles. The molecule has 0 aromatic rings. The van der Waals surface area contributed by atoms with E-state index in [1.54, 1.807) is 0 Å².